The molecule has 0 heterocycles. The van der Waals surface area contributed by atoms with E-state index in [9.17, 15) is 8.42 Å². The number of hydrogen-bond acceptors (Lipinski definition) is 3. The molecule has 0 aliphatic rings. The molecule has 0 fully saturated rings. The molecule has 2 aromatic carbocycles. The Labute approximate surface area is 138 Å². The number of rotatable bonds is 5. The van der Waals surface area contributed by atoms with Crippen LogP contribution in [0.2, 0.25) is 0 Å². The summed E-state index contributed by atoms with van der Waals surface area (Å²) in [5.41, 5.74) is 1.61. The number of sulfone groups is 1. The topological polar surface area (TPSA) is 43.4 Å². The molecule has 0 bridgehead atoms. The third-order valence-electron chi connectivity index (χ3n) is 2.86. The van der Waals surface area contributed by atoms with E-state index in [-0.39, 0.29) is 5.75 Å². The zero-order chi connectivity index (χ0) is 15.3. The van der Waals surface area contributed by atoms with Gasteiger partial charge in [0.1, 0.15) is 5.75 Å². The second kappa shape index (κ2) is 7.09. The van der Waals surface area contributed by atoms with Gasteiger partial charge in [0.25, 0.3) is 0 Å². The van der Waals surface area contributed by atoms with Crippen molar-refractivity contribution in [1.29, 1.82) is 0 Å². The van der Waals surface area contributed by atoms with Gasteiger partial charge < -0.3 is 4.74 Å². The third kappa shape index (κ3) is 5.17. The summed E-state index contributed by atoms with van der Waals surface area (Å²) in [5.74, 6) is 0.697. The molecule has 3 nitrogen and oxygen atoms in total. The van der Waals surface area contributed by atoms with Crippen molar-refractivity contribution < 1.29 is 13.2 Å². The molecule has 0 N–H and O–H groups in total. The molecule has 0 radical (unpaired) electrons. The average Bonchev–Trinajstić information content (AvgIpc) is 2.47. The van der Waals surface area contributed by atoms with Crippen molar-refractivity contribution in [3.05, 3.63) is 68.6 Å². The van der Waals surface area contributed by atoms with Gasteiger partial charge in [-0.15, -0.1) is 0 Å². The molecule has 110 valence electrons. The maximum atomic E-state index is 12.1. The minimum atomic E-state index is -3.29. The molecule has 2 aromatic rings. The van der Waals surface area contributed by atoms with E-state index in [1.54, 1.807) is 37.5 Å². The molecular weight excluding hydrogens is 399 g/mol. The molecule has 0 saturated carbocycles. The van der Waals surface area contributed by atoms with Crippen LogP contribution in [0.3, 0.4) is 0 Å². The predicted molar refractivity (Wildman–Crippen MR) is 93.8 cm³/mol. The van der Waals surface area contributed by atoms with E-state index in [4.69, 9.17) is 4.74 Å². The molecule has 0 aliphatic heterocycles. The van der Waals surface area contributed by atoms with E-state index in [0.717, 1.165) is 14.7 Å². The lowest BCUT2D eigenvalue weighted by Gasteiger charge is -2.02. The summed E-state index contributed by atoms with van der Waals surface area (Å²) in [6.45, 7) is 0. The fraction of sp³-hybridized carbons (Fsp3) is 0.125. The van der Waals surface area contributed by atoms with Gasteiger partial charge in [-0.05, 0) is 64.1 Å². The second-order valence-corrected chi connectivity index (χ2v) is 7.64. The Morgan fingerprint density at radius 1 is 1.05 bits per heavy atom. The van der Waals surface area contributed by atoms with E-state index >= 15 is 0 Å². The van der Waals surface area contributed by atoms with Crippen molar-refractivity contribution in [2.75, 3.05) is 7.11 Å². The first-order valence-corrected chi connectivity index (χ1v) is 9.07. The minimum absolute atomic E-state index is 0.0160. The van der Waals surface area contributed by atoms with Crippen molar-refractivity contribution in [2.45, 2.75) is 5.75 Å². The summed E-state index contributed by atoms with van der Waals surface area (Å²) < 4.78 is 30.3. The zero-order valence-corrected chi connectivity index (χ0v) is 14.5. The highest BCUT2D eigenvalue weighted by atomic mass is 127. The Bertz CT molecular complexity index is 717. The Morgan fingerprint density at radius 3 is 2.24 bits per heavy atom. The van der Waals surface area contributed by atoms with E-state index in [0.29, 0.717) is 5.75 Å². The predicted octanol–water partition coefficient (Wildman–Crippen LogP) is 3.89. The molecule has 0 atom stereocenters. The van der Waals surface area contributed by atoms with Crippen LogP contribution in [-0.2, 0) is 15.6 Å². The normalized spacial score (nSPS) is 11.7. The van der Waals surface area contributed by atoms with Crippen LogP contribution in [0.4, 0.5) is 0 Å². The lowest BCUT2D eigenvalue weighted by Crippen LogP contribution is -1.99. The van der Waals surface area contributed by atoms with Gasteiger partial charge >= 0.3 is 0 Å². The Balaban J connectivity index is 2.08. The molecule has 5 heteroatoms. The van der Waals surface area contributed by atoms with Crippen LogP contribution in [0.25, 0.3) is 6.08 Å². The van der Waals surface area contributed by atoms with E-state index < -0.39 is 9.84 Å². The molecule has 21 heavy (non-hydrogen) atoms. The Kier molecular flexibility index (Phi) is 5.41. The average molecular weight is 414 g/mol. The number of methoxy groups -OCH3 is 1. The van der Waals surface area contributed by atoms with E-state index in [2.05, 4.69) is 22.6 Å². The second-order valence-electron chi connectivity index (χ2n) is 4.51. The minimum Gasteiger partial charge on any atom is -0.497 e. The summed E-state index contributed by atoms with van der Waals surface area (Å²) in [6, 6.07) is 14.7. The van der Waals surface area contributed by atoms with Crippen LogP contribution in [0.15, 0.2) is 53.9 Å². The van der Waals surface area contributed by atoms with Crippen molar-refractivity contribution in [2.24, 2.45) is 0 Å². The lowest BCUT2D eigenvalue weighted by molar-refractivity contribution is 0.414. The van der Waals surface area contributed by atoms with Crippen LogP contribution in [-0.4, -0.2) is 15.5 Å². The number of halogens is 1. The molecule has 0 saturated heterocycles. The van der Waals surface area contributed by atoms with Gasteiger partial charge in [0, 0.05) is 8.98 Å². The first kappa shape index (κ1) is 16.0. The van der Waals surface area contributed by atoms with Gasteiger partial charge in [0.15, 0.2) is 9.84 Å². The largest absolute Gasteiger partial charge is 0.497 e. The molecule has 0 amide bonds. The number of ether oxygens (including phenoxy) is 1. The zero-order valence-electron chi connectivity index (χ0n) is 11.5. The van der Waals surface area contributed by atoms with Crippen molar-refractivity contribution in [3.8, 4) is 5.75 Å². The Morgan fingerprint density at radius 2 is 1.67 bits per heavy atom. The van der Waals surface area contributed by atoms with Gasteiger partial charge in [-0.25, -0.2) is 8.42 Å². The van der Waals surface area contributed by atoms with Crippen molar-refractivity contribution >= 4 is 38.5 Å². The van der Waals surface area contributed by atoms with Gasteiger partial charge in [-0.3, -0.25) is 0 Å². The van der Waals surface area contributed by atoms with Crippen LogP contribution >= 0.6 is 22.6 Å². The summed E-state index contributed by atoms with van der Waals surface area (Å²) in [7, 11) is -1.71. The van der Waals surface area contributed by atoms with Crippen LogP contribution in [0.5, 0.6) is 5.75 Å². The Hall–Kier alpha value is -1.34. The van der Waals surface area contributed by atoms with Gasteiger partial charge in [-0.2, -0.15) is 0 Å². The third-order valence-corrected chi connectivity index (χ3v) is 4.87. The van der Waals surface area contributed by atoms with Crippen molar-refractivity contribution in [1.82, 2.24) is 0 Å². The SMILES string of the molecule is COc1ccc(CS(=O)(=O)C=Cc2ccc(I)cc2)cc1. The summed E-state index contributed by atoms with van der Waals surface area (Å²) >= 11 is 2.21. The highest BCUT2D eigenvalue weighted by molar-refractivity contribution is 14.1. The summed E-state index contributed by atoms with van der Waals surface area (Å²) in [5, 5.41) is 1.26. The number of hydrogen-bond donors (Lipinski definition) is 0. The quantitative estimate of drug-likeness (QED) is 0.698. The van der Waals surface area contributed by atoms with Crippen LogP contribution in [0.1, 0.15) is 11.1 Å². The monoisotopic (exact) mass is 414 g/mol. The molecular formula is C16H15IO3S. The fourth-order valence-electron chi connectivity index (χ4n) is 1.76. The fourth-order valence-corrected chi connectivity index (χ4v) is 3.24. The summed E-state index contributed by atoms with van der Waals surface area (Å²) in [4.78, 5) is 0. The van der Waals surface area contributed by atoms with Gasteiger partial charge in [0.05, 0.1) is 12.9 Å². The maximum Gasteiger partial charge on any atom is 0.175 e. The van der Waals surface area contributed by atoms with Gasteiger partial charge in [-0.1, -0.05) is 24.3 Å². The highest BCUT2D eigenvalue weighted by Crippen LogP contribution is 2.15. The standard InChI is InChI=1S/C16H15IO3S/c1-20-16-8-4-14(5-9-16)12-21(18,19)11-10-13-2-6-15(17)7-3-13/h2-11H,12H2,1H3. The van der Waals surface area contributed by atoms with E-state index in [1.165, 1.54) is 5.41 Å². The van der Waals surface area contributed by atoms with E-state index in [1.807, 2.05) is 24.3 Å². The maximum absolute atomic E-state index is 12.1. The van der Waals surface area contributed by atoms with Gasteiger partial charge in [0.2, 0.25) is 0 Å². The van der Waals surface area contributed by atoms with Crippen molar-refractivity contribution in [3.63, 3.8) is 0 Å². The van der Waals surface area contributed by atoms with Crippen LogP contribution < -0.4 is 4.74 Å². The highest BCUT2D eigenvalue weighted by Gasteiger charge is 2.08. The smallest absolute Gasteiger partial charge is 0.175 e. The molecule has 0 spiro atoms. The molecule has 0 aliphatic carbocycles. The van der Waals surface area contributed by atoms with Crippen LogP contribution in [0, 0.1) is 3.57 Å². The molecule has 2 rings (SSSR count). The summed E-state index contributed by atoms with van der Waals surface area (Å²) in [6.07, 6.45) is 1.62. The first-order valence-electron chi connectivity index (χ1n) is 6.28. The lowest BCUT2D eigenvalue weighted by atomic mass is 10.2. The number of benzene rings is 2. The molecule has 0 unspecified atom stereocenters. The molecule has 0 aromatic heterocycles. The first-order chi connectivity index (χ1) is 9.98.